The minimum atomic E-state index is -1.22. The van der Waals surface area contributed by atoms with E-state index in [-0.39, 0.29) is 18.9 Å². The number of rotatable bonds is 8. The Balaban J connectivity index is 1.38. The second-order valence-electron chi connectivity index (χ2n) is 9.90. The maximum atomic E-state index is 14.1. The van der Waals surface area contributed by atoms with Crippen molar-refractivity contribution in [2.75, 3.05) is 23.6 Å². The first-order valence-electron chi connectivity index (χ1n) is 13.2. The Bertz CT molecular complexity index is 1750. The summed E-state index contributed by atoms with van der Waals surface area (Å²) in [4.78, 5) is 56.1. The molecule has 0 spiro atoms. The van der Waals surface area contributed by atoms with E-state index in [2.05, 4.69) is 5.32 Å². The summed E-state index contributed by atoms with van der Waals surface area (Å²) in [5.74, 6) is -2.23. The first-order valence-corrected chi connectivity index (χ1v) is 13.6. The van der Waals surface area contributed by atoms with Gasteiger partial charge in [0.15, 0.2) is 11.5 Å². The summed E-state index contributed by atoms with van der Waals surface area (Å²) in [6.45, 7) is -0.566. The predicted octanol–water partition coefficient (Wildman–Crippen LogP) is 5.15. The number of carbonyl (C=O) groups excluding carboxylic acids is 4. The van der Waals surface area contributed by atoms with Crippen molar-refractivity contribution in [3.63, 3.8) is 0 Å². The van der Waals surface area contributed by atoms with Crippen molar-refractivity contribution in [3.8, 4) is 11.5 Å². The van der Waals surface area contributed by atoms with E-state index in [1.54, 1.807) is 60.7 Å². The van der Waals surface area contributed by atoms with Gasteiger partial charge in [0.2, 0.25) is 12.7 Å². The van der Waals surface area contributed by atoms with Crippen molar-refractivity contribution in [2.24, 2.45) is 0 Å². The van der Waals surface area contributed by atoms with E-state index in [9.17, 15) is 23.6 Å². The summed E-state index contributed by atoms with van der Waals surface area (Å²) in [5.41, 5.74) is 1.87. The first-order chi connectivity index (χ1) is 20.8. The van der Waals surface area contributed by atoms with E-state index in [1.807, 2.05) is 0 Å². The zero-order valence-corrected chi connectivity index (χ0v) is 23.2. The number of anilines is 2. The number of ketones is 1. The molecule has 2 heterocycles. The molecule has 0 aliphatic carbocycles. The van der Waals surface area contributed by atoms with Crippen LogP contribution in [0.3, 0.4) is 0 Å². The number of ether oxygens (including phenoxy) is 2. The van der Waals surface area contributed by atoms with Crippen molar-refractivity contribution in [2.45, 2.75) is 12.6 Å². The molecule has 2 aliphatic heterocycles. The lowest BCUT2D eigenvalue weighted by atomic mass is 10.0. The summed E-state index contributed by atoms with van der Waals surface area (Å²) in [6.07, 6.45) is 0. The summed E-state index contributed by atoms with van der Waals surface area (Å²) in [7, 11) is 0. The van der Waals surface area contributed by atoms with Crippen LogP contribution in [0.5, 0.6) is 11.5 Å². The molecule has 0 radical (unpaired) electrons. The van der Waals surface area contributed by atoms with Crippen LogP contribution in [-0.4, -0.2) is 41.7 Å². The van der Waals surface area contributed by atoms with E-state index >= 15 is 0 Å². The lowest BCUT2D eigenvalue weighted by Crippen LogP contribution is -2.46. The van der Waals surface area contributed by atoms with Gasteiger partial charge in [-0.25, -0.2) is 4.39 Å². The Kier molecular flexibility index (Phi) is 7.52. The third-order valence-corrected chi connectivity index (χ3v) is 7.40. The fraction of sp³-hybridized carbons (Fsp3) is 0.125. The van der Waals surface area contributed by atoms with Crippen LogP contribution < -0.4 is 19.7 Å². The van der Waals surface area contributed by atoms with Crippen LogP contribution in [0.2, 0.25) is 5.02 Å². The number of nitrogens with zero attached hydrogens (tertiary/aromatic N) is 2. The molecule has 1 unspecified atom stereocenters. The van der Waals surface area contributed by atoms with Crippen molar-refractivity contribution in [1.82, 2.24) is 4.90 Å². The molecule has 0 saturated heterocycles. The van der Waals surface area contributed by atoms with Crippen LogP contribution in [0.15, 0.2) is 91.0 Å². The number of para-hydroxylation sites is 1. The van der Waals surface area contributed by atoms with Gasteiger partial charge in [-0.1, -0.05) is 48.0 Å². The molecule has 216 valence electrons. The van der Waals surface area contributed by atoms with Crippen LogP contribution in [0, 0.1) is 5.82 Å². The predicted molar refractivity (Wildman–Crippen MR) is 155 cm³/mol. The molecular weight excluding hydrogens is 577 g/mol. The van der Waals surface area contributed by atoms with Gasteiger partial charge in [0.05, 0.1) is 11.3 Å². The third kappa shape index (κ3) is 5.64. The normalized spacial score (nSPS) is 14.0. The number of nitrogens with one attached hydrogen (secondary N) is 1. The average Bonchev–Trinajstić information content (AvgIpc) is 3.57. The van der Waals surface area contributed by atoms with E-state index in [1.165, 1.54) is 35.2 Å². The number of amides is 3. The minimum absolute atomic E-state index is 0.0565. The van der Waals surface area contributed by atoms with E-state index in [4.69, 9.17) is 21.1 Å². The summed E-state index contributed by atoms with van der Waals surface area (Å²) >= 11 is 6.14. The zero-order chi connectivity index (χ0) is 30.1. The number of fused-ring (bicyclic) bond motifs is 2. The van der Waals surface area contributed by atoms with E-state index < -0.39 is 41.9 Å². The summed E-state index contributed by atoms with van der Waals surface area (Å²) < 4.78 is 24.5. The molecule has 3 amide bonds. The number of hydrogen-bond donors (Lipinski definition) is 1. The standard InChI is InChI=1S/C32H23ClFN3O6/c33-21-9-7-20(8-10-21)29(31(40)35-23-13-14-26-27(15-23)43-18-42-26)37(16-19-5-11-22(34)12-6-19)28(38)17-36-25-4-2-1-3-24(25)30(39)32(36)41/h1-15,29H,16-18H2,(H,35,40). The van der Waals surface area contributed by atoms with Gasteiger partial charge in [-0.3, -0.25) is 24.1 Å². The second-order valence-corrected chi connectivity index (χ2v) is 10.3. The maximum absolute atomic E-state index is 14.1. The topological polar surface area (TPSA) is 105 Å². The highest BCUT2D eigenvalue weighted by molar-refractivity contribution is 6.52. The SMILES string of the molecule is O=C1C(=O)N(CC(=O)N(Cc2ccc(F)cc2)C(C(=O)Nc2ccc3c(c2)OCO3)c2ccc(Cl)cc2)c2ccccc21. The van der Waals surface area contributed by atoms with Crippen LogP contribution in [0.25, 0.3) is 0 Å². The van der Waals surface area contributed by atoms with E-state index in [0.29, 0.717) is 39.0 Å². The summed E-state index contributed by atoms with van der Waals surface area (Å²) in [5, 5.41) is 3.27. The molecule has 6 rings (SSSR count). The third-order valence-electron chi connectivity index (χ3n) is 7.14. The van der Waals surface area contributed by atoms with Gasteiger partial charge in [0.25, 0.3) is 17.6 Å². The van der Waals surface area contributed by atoms with Crippen molar-refractivity contribution in [3.05, 3.63) is 119 Å². The van der Waals surface area contributed by atoms with Gasteiger partial charge >= 0.3 is 0 Å². The number of carbonyl (C=O) groups is 4. The number of benzene rings is 4. The van der Waals surface area contributed by atoms with Crippen molar-refractivity contribution in [1.29, 1.82) is 0 Å². The lowest BCUT2D eigenvalue weighted by Gasteiger charge is -2.33. The van der Waals surface area contributed by atoms with Crippen LogP contribution in [-0.2, 0) is 20.9 Å². The quantitative estimate of drug-likeness (QED) is 0.281. The number of halogens is 2. The largest absolute Gasteiger partial charge is 0.454 e. The van der Waals surface area contributed by atoms with Crippen LogP contribution in [0.4, 0.5) is 15.8 Å². The molecule has 0 fully saturated rings. The zero-order valence-electron chi connectivity index (χ0n) is 22.5. The van der Waals surface area contributed by atoms with Crippen LogP contribution in [0.1, 0.15) is 27.5 Å². The Hall–Kier alpha value is -5.22. The fourth-order valence-electron chi connectivity index (χ4n) is 5.04. The Labute approximate surface area is 250 Å². The molecule has 4 aromatic carbocycles. The lowest BCUT2D eigenvalue weighted by molar-refractivity contribution is -0.139. The molecule has 0 bridgehead atoms. The highest BCUT2D eigenvalue weighted by atomic mass is 35.5. The van der Waals surface area contributed by atoms with Gasteiger partial charge in [-0.15, -0.1) is 0 Å². The molecule has 0 aromatic heterocycles. The Morgan fingerprint density at radius 2 is 1.65 bits per heavy atom. The molecule has 1 atom stereocenters. The smallest absolute Gasteiger partial charge is 0.299 e. The molecular formula is C32H23ClFN3O6. The molecule has 4 aromatic rings. The van der Waals surface area contributed by atoms with Gasteiger partial charge in [0.1, 0.15) is 18.4 Å². The molecule has 11 heteroatoms. The molecule has 43 heavy (non-hydrogen) atoms. The van der Waals surface area contributed by atoms with Gasteiger partial charge < -0.3 is 19.7 Å². The molecule has 9 nitrogen and oxygen atoms in total. The summed E-state index contributed by atoms with van der Waals surface area (Å²) in [6, 6.07) is 22.0. The van der Waals surface area contributed by atoms with Gasteiger partial charge in [-0.05, 0) is 59.7 Å². The second kappa shape index (κ2) is 11.6. The monoisotopic (exact) mass is 599 g/mol. The average molecular weight is 600 g/mol. The number of Topliss-reactive ketones (excluding diaryl/α,β-unsaturated/α-hetero) is 1. The van der Waals surface area contributed by atoms with Crippen molar-refractivity contribution < 1.29 is 33.0 Å². The maximum Gasteiger partial charge on any atom is 0.299 e. The van der Waals surface area contributed by atoms with Gasteiger partial charge in [-0.2, -0.15) is 0 Å². The van der Waals surface area contributed by atoms with Gasteiger partial charge in [0, 0.05) is 23.3 Å². The molecule has 1 N–H and O–H groups in total. The minimum Gasteiger partial charge on any atom is -0.454 e. The highest BCUT2D eigenvalue weighted by Crippen LogP contribution is 2.35. The molecule has 2 aliphatic rings. The Morgan fingerprint density at radius 1 is 0.930 bits per heavy atom. The first kappa shape index (κ1) is 27.9. The van der Waals surface area contributed by atoms with E-state index in [0.717, 1.165) is 4.90 Å². The van der Waals surface area contributed by atoms with Crippen molar-refractivity contribution >= 4 is 46.5 Å². The van der Waals surface area contributed by atoms with Crippen LogP contribution >= 0.6 is 11.6 Å². The Morgan fingerprint density at radius 3 is 2.42 bits per heavy atom. The molecule has 0 saturated carbocycles. The number of hydrogen-bond acceptors (Lipinski definition) is 6. The fourth-order valence-corrected chi connectivity index (χ4v) is 5.17. The highest BCUT2D eigenvalue weighted by Gasteiger charge is 2.39.